The van der Waals surface area contributed by atoms with Gasteiger partial charge in [-0.1, -0.05) is 13.8 Å². The van der Waals surface area contributed by atoms with Crippen LogP contribution in [-0.4, -0.2) is 17.7 Å². The van der Waals surface area contributed by atoms with Gasteiger partial charge in [0, 0.05) is 12.6 Å². The van der Waals surface area contributed by atoms with Gasteiger partial charge in [0.15, 0.2) is 0 Å². The van der Waals surface area contributed by atoms with Crippen LogP contribution in [0.1, 0.15) is 39.7 Å². The Labute approximate surface area is 103 Å². The second-order valence-electron chi connectivity index (χ2n) is 5.20. The number of aliphatic hydroxyl groups is 1. The van der Waals surface area contributed by atoms with E-state index in [0.717, 1.165) is 12.0 Å². The maximum absolute atomic E-state index is 10.3. The average molecular weight is 241 g/mol. The maximum atomic E-state index is 10.3. The first-order chi connectivity index (χ1) is 7.42. The Bertz CT molecular complexity index is 293. The molecule has 1 aromatic heterocycles. The third kappa shape index (κ3) is 4.24. The van der Waals surface area contributed by atoms with Gasteiger partial charge in [-0.2, -0.15) is 11.3 Å². The lowest BCUT2D eigenvalue weighted by atomic mass is 9.98. The lowest BCUT2D eigenvalue weighted by Gasteiger charge is -2.26. The van der Waals surface area contributed by atoms with Crippen LogP contribution in [0.5, 0.6) is 0 Å². The van der Waals surface area contributed by atoms with Crippen LogP contribution in [0.3, 0.4) is 0 Å². The van der Waals surface area contributed by atoms with Gasteiger partial charge in [-0.3, -0.25) is 0 Å². The predicted octanol–water partition coefficient (Wildman–Crippen LogP) is 2.98. The highest BCUT2D eigenvalue weighted by Crippen LogP contribution is 2.22. The van der Waals surface area contributed by atoms with Crippen LogP contribution in [0.25, 0.3) is 0 Å². The molecule has 0 aliphatic heterocycles. The summed E-state index contributed by atoms with van der Waals surface area (Å²) in [5.41, 5.74) is 0.243. The molecule has 0 spiro atoms. The molecule has 0 aliphatic rings. The third-order valence-corrected chi connectivity index (χ3v) is 3.45. The molecule has 1 aromatic rings. The van der Waals surface area contributed by atoms with Crippen molar-refractivity contribution in [2.24, 2.45) is 5.92 Å². The first-order valence-electron chi connectivity index (χ1n) is 5.90. The monoisotopic (exact) mass is 241 g/mol. The van der Waals surface area contributed by atoms with Gasteiger partial charge in [-0.15, -0.1) is 0 Å². The number of nitrogens with one attached hydrogen (secondary N) is 1. The van der Waals surface area contributed by atoms with Crippen molar-refractivity contribution in [3.05, 3.63) is 22.4 Å². The van der Waals surface area contributed by atoms with Crippen LogP contribution in [0.15, 0.2) is 16.8 Å². The van der Waals surface area contributed by atoms with Crippen LogP contribution in [-0.2, 0) is 5.60 Å². The number of thiophene rings is 1. The number of hydrogen-bond donors (Lipinski definition) is 2. The van der Waals surface area contributed by atoms with Gasteiger partial charge in [0.2, 0.25) is 0 Å². The van der Waals surface area contributed by atoms with Crippen LogP contribution in [0.4, 0.5) is 0 Å². The van der Waals surface area contributed by atoms with E-state index in [1.54, 1.807) is 11.3 Å². The molecule has 2 unspecified atom stereocenters. The van der Waals surface area contributed by atoms with Crippen LogP contribution < -0.4 is 5.32 Å². The largest absolute Gasteiger partial charge is 0.384 e. The van der Waals surface area contributed by atoms with Crippen LogP contribution >= 0.6 is 11.3 Å². The van der Waals surface area contributed by atoms with E-state index in [-0.39, 0.29) is 0 Å². The van der Waals surface area contributed by atoms with Crippen molar-refractivity contribution < 1.29 is 5.11 Å². The normalized spacial score (nSPS) is 17.4. The Hall–Kier alpha value is -0.380. The van der Waals surface area contributed by atoms with E-state index in [1.807, 2.05) is 23.8 Å². The van der Waals surface area contributed by atoms with E-state index in [1.165, 1.54) is 0 Å². The van der Waals surface area contributed by atoms with Gasteiger partial charge in [0.05, 0.1) is 5.60 Å². The molecular weight excluding hydrogens is 218 g/mol. The molecule has 2 nitrogen and oxygen atoms in total. The summed E-state index contributed by atoms with van der Waals surface area (Å²) in [6.45, 7) is 9.08. The summed E-state index contributed by atoms with van der Waals surface area (Å²) in [4.78, 5) is 0. The molecular formula is C13H23NOS. The van der Waals surface area contributed by atoms with Gasteiger partial charge in [-0.05, 0) is 48.6 Å². The highest BCUT2D eigenvalue weighted by atomic mass is 32.1. The molecule has 16 heavy (non-hydrogen) atoms. The molecule has 1 rings (SSSR count). The summed E-state index contributed by atoms with van der Waals surface area (Å²) < 4.78 is 0. The smallest absolute Gasteiger partial charge is 0.1000 e. The molecule has 0 saturated carbocycles. The van der Waals surface area contributed by atoms with E-state index in [2.05, 4.69) is 26.1 Å². The highest BCUT2D eigenvalue weighted by molar-refractivity contribution is 7.08. The second-order valence-corrected chi connectivity index (χ2v) is 5.98. The summed E-state index contributed by atoms with van der Waals surface area (Å²) >= 11 is 1.62. The standard InChI is InChI=1S/C13H23NOS/c1-10(2)7-11(3)14-9-13(4,15)12-5-6-16-8-12/h5-6,8,10-11,14-15H,7,9H2,1-4H3. The molecule has 92 valence electrons. The summed E-state index contributed by atoms with van der Waals surface area (Å²) in [7, 11) is 0. The zero-order valence-electron chi connectivity index (χ0n) is 10.7. The zero-order chi connectivity index (χ0) is 12.2. The van der Waals surface area contributed by atoms with E-state index < -0.39 is 5.60 Å². The molecule has 1 heterocycles. The molecule has 2 N–H and O–H groups in total. The van der Waals surface area contributed by atoms with Crippen molar-refractivity contribution in [2.45, 2.75) is 45.8 Å². The molecule has 3 heteroatoms. The van der Waals surface area contributed by atoms with Crippen molar-refractivity contribution in [1.29, 1.82) is 0 Å². The van der Waals surface area contributed by atoms with E-state index in [4.69, 9.17) is 0 Å². The van der Waals surface area contributed by atoms with Crippen molar-refractivity contribution in [1.82, 2.24) is 5.32 Å². The van der Waals surface area contributed by atoms with E-state index >= 15 is 0 Å². The molecule has 0 amide bonds. The molecule has 0 fully saturated rings. The molecule has 0 bridgehead atoms. The van der Waals surface area contributed by atoms with Crippen molar-refractivity contribution in [3.8, 4) is 0 Å². The topological polar surface area (TPSA) is 32.3 Å². The SMILES string of the molecule is CC(C)CC(C)NCC(C)(O)c1ccsc1. The van der Waals surface area contributed by atoms with Crippen molar-refractivity contribution >= 4 is 11.3 Å². The fraction of sp³-hybridized carbons (Fsp3) is 0.692. The Morgan fingerprint density at radius 2 is 2.12 bits per heavy atom. The van der Waals surface area contributed by atoms with Crippen molar-refractivity contribution in [3.63, 3.8) is 0 Å². The van der Waals surface area contributed by atoms with Gasteiger partial charge >= 0.3 is 0 Å². The first-order valence-corrected chi connectivity index (χ1v) is 6.84. The lowest BCUT2D eigenvalue weighted by molar-refractivity contribution is 0.0541. The molecule has 0 radical (unpaired) electrons. The van der Waals surface area contributed by atoms with Crippen LogP contribution in [0, 0.1) is 5.92 Å². The fourth-order valence-corrected chi connectivity index (χ4v) is 2.62. The lowest BCUT2D eigenvalue weighted by Crippen LogP contribution is -2.39. The predicted molar refractivity (Wildman–Crippen MR) is 70.8 cm³/mol. The summed E-state index contributed by atoms with van der Waals surface area (Å²) in [6, 6.07) is 2.43. The van der Waals surface area contributed by atoms with E-state index in [9.17, 15) is 5.11 Å². The zero-order valence-corrected chi connectivity index (χ0v) is 11.5. The van der Waals surface area contributed by atoms with Gasteiger partial charge in [-0.25, -0.2) is 0 Å². The summed E-state index contributed by atoms with van der Waals surface area (Å²) in [5.74, 6) is 0.689. The minimum Gasteiger partial charge on any atom is -0.384 e. The highest BCUT2D eigenvalue weighted by Gasteiger charge is 2.23. The Morgan fingerprint density at radius 3 is 2.62 bits per heavy atom. The van der Waals surface area contributed by atoms with Gasteiger partial charge in [0.25, 0.3) is 0 Å². The minimum absolute atomic E-state index is 0.449. The number of hydrogen-bond acceptors (Lipinski definition) is 3. The fourth-order valence-electron chi connectivity index (χ4n) is 1.84. The molecule has 0 aromatic carbocycles. The third-order valence-electron chi connectivity index (χ3n) is 2.76. The Balaban J connectivity index is 2.42. The van der Waals surface area contributed by atoms with Gasteiger partial charge in [0.1, 0.15) is 0 Å². The Morgan fingerprint density at radius 1 is 1.44 bits per heavy atom. The molecule has 2 atom stereocenters. The van der Waals surface area contributed by atoms with Crippen LogP contribution in [0.2, 0.25) is 0 Å². The molecule has 0 aliphatic carbocycles. The number of rotatable bonds is 6. The maximum Gasteiger partial charge on any atom is 0.1000 e. The minimum atomic E-state index is -0.759. The van der Waals surface area contributed by atoms with Crippen molar-refractivity contribution in [2.75, 3.05) is 6.54 Å². The van der Waals surface area contributed by atoms with Gasteiger partial charge < -0.3 is 10.4 Å². The summed E-state index contributed by atoms with van der Waals surface area (Å²) in [5, 5.41) is 17.7. The average Bonchev–Trinajstić information content (AvgIpc) is 2.67. The van der Waals surface area contributed by atoms with E-state index in [0.29, 0.717) is 18.5 Å². The summed E-state index contributed by atoms with van der Waals surface area (Å²) in [6.07, 6.45) is 1.14. The molecule has 0 saturated heterocycles. The quantitative estimate of drug-likeness (QED) is 0.802. The Kier molecular flexibility index (Phi) is 4.96. The second kappa shape index (κ2) is 5.80. The first kappa shape index (κ1) is 13.7.